The molecule has 0 aromatic carbocycles. The normalized spacial score (nSPS) is 11.4. The lowest BCUT2D eigenvalue weighted by Crippen LogP contribution is -2.38. The molecule has 3 aromatic rings. The molecular weight excluding hydrogens is 459 g/mol. The van der Waals surface area contributed by atoms with Gasteiger partial charge in [0.15, 0.2) is 5.96 Å². The van der Waals surface area contributed by atoms with E-state index in [1.165, 1.54) is 4.88 Å². The maximum atomic E-state index is 4.62. The van der Waals surface area contributed by atoms with E-state index >= 15 is 0 Å². The van der Waals surface area contributed by atoms with Gasteiger partial charge in [-0.2, -0.15) is 0 Å². The summed E-state index contributed by atoms with van der Waals surface area (Å²) < 4.78 is 2.04. The fraction of sp³-hybridized carbons (Fsp3) is 0.389. The molecule has 3 heterocycles. The zero-order valence-electron chi connectivity index (χ0n) is 15.1. The zero-order chi connectivity index (χ0) is 17.5. The first-order chi connectivity index (χ1) is 12.3. The van der Waals surface area contributed by atoms with Gasteiger partial charge in [0.05, 0.1) is 12.2 Å². The summed E-state index contributed by atoms with van der Waals surface area (Å²) in [4.78, 5) is 15.0. The van der Waals surface area contributed by atoms with Crippen molar-refractivity contribution < 1.29 is 0 Å². The number of imidazole rings is 1. The molecule has 0 atom stereocenters. The van der Waals surface area contributed by atoms with Crippen molar-refractivity contribution in [3.8, 4) is 0 Å². The Morgan fingerprint density at radius 1 is 1.27 bits per heavy atom. The summed E-state index contributed by atoms with van der Waals surface area (Å²) in [5, 5.41) is 7.70. The third-order valence-electron chi connectivity index (χ3n) is 3.75. The largest absolute Gasteiger partial charge is 0.357 e. The fourth-order valence-corrected chi connectivity index (χ4v) is 3.28. The van der Waals surface area contributed by atoms with E-state index in [-0.39, 0.29) is 24.0 Å². The number of aromatic nitrogens is 3. The second-order valence-electron chi connectivity index (χ2n) is 5.64. The molecule has 3 rings (SSSR count). The Labute approximate surface area is 175 Å². The minimum absolute atomic E-state index is 0. The Morgan fingerprint density at radius 2 is 2.15 bits per heavy atom. The Bertz CT molecular complexity index is 808. The Morgan fingerprint density at radius 3 is 2.88 bits per heavy atom. The van der Waals surface area contributed by atoms with E-state index in [4.69, 9.17) is 0 Å². The number of hydrogen-bond acceptors (Lipinski definition) is 4. The van der Waals surface area contributed by atoms with Crippen LogP contribution >= 0.6 is 35.3 Å². The van der Waals surface area contributed by atoms with Crippen molar-refractivity contribution in [3.63, 3.8) is 0 Å². The third kappa shape index (κ3) is 5.66. The topological polar surface area (TPSA) is 66.6 Å². The maximum absolute atomic E-state index is 4.62. The molecular formula is C18H25IN6S. The first-order valence-corrected chi connectivity index (χ1v) is 9.48. The summed E-state index contributed by atoms with van der Waals surface area (Å²) in [5.74, 6) is 0.819. The predicted molar refractivity (Wildman–Crippen MR) is 119 cm³/mol. The van der Waals surface area contributed by atoms with Crippen LogP contribution < -0.4 is 10.6 Å². The van der Waals surface area contributed by atoms with E-state index in [1.54, 1.807) is 11.3 Å². The van der Waals surface area contributed by atoms with E-state index in [0.717, 1.165) is 48.2 Å². The standard InChI is InChI=1S/C18H24N6S.HI/c1-3-15-11-21-17(25-15)12-22-18(19-4-2)20-9-8-14-13-24-10-6-5-7-16(24)23-14;/h5-7,10-11,13H,3-4,8-9,12H2,1-2H3,(H2,19,20,22);1H. The molecule has 8 heteroatoms. The minimum atomic E-state index is 0. The smallest absolute Gasteiger partial charge is 0.191 e. The molecule has 2 N–H and O–H groups in total. The summed E-state index contributed by atoms with van der Waals surface area (Å²) in [6, 6.07) is 6.03. The van der Waals surface area contributed by atoms with Crippen LogP contribution in [0.4, 0.5) is 0 Å². The van der Waals surface area contributed by atoms with E-state index in [0.29, 0.717) is 6.54 Å². The highest BCUT2D eigenvalue weighted by Crippen LogP contribution is 2.13. The van der Waals surface area contributed by atoms with E-state index < -0.39 is 0 Å². The first kappa shape index (κ1) is 20.6. The Balaban J connectivity index is 0.00000243. The number of aliphatic imine (C=N–C) groups is 1. The summed E-state index contributed by atoms with van der Waals surface area (Å²) in [6.45, 7) is 6.43. The number of nitrogens with zero attached hydrogens (tertiary/aromatic N) is 4. The molecule has 0 radical (unpaired) electrons. The second kappa shape index (κ2) is 10.5. The number of nitrogens with one attached hydrogen (secondary N) is 2. The highest BCUT2D eigenvalue weighted by Gasteiger charge is 2.03. The fourth-order valence-electron chi connectivity index (χ4n) is 2.49. The first-order valence-electron chi connectivity index (χ1n) is 8.67. The van der Waals surface area contributed by atoms with Gasteiger partial charge in [-0.25, -0.2) is 15.0 Å². The molecule has 0 amide bonds. The lowest BCUT2D eigenvalue weighted by Gasteiger charge is -2.10. The van der Waals surface area contributed by atoms with Crippen LogP contribution in [0.1, 0.15) is 29.4 Å². The number of pyridine rings is 1. The second-order valence-corrected chi connectivity index (χ2v) is 6.84. The van der Waals surface area contributed by atoms with Crippen LogP contribution in [0.2, 0.25) is 0 Å². The SMILES string of the molecule is CCNC(=NCc1ncc(CC)s1)NCCc1cn2ccccc2n1.I. The van der Waals surface area contributed by atoms with Crippen LogP contribution in [-0.2, 0) is 19.4 Å². The molecule has 140 valence electrons. The number of guanidine groups is 1. The average Bonchev–Trinajstić information content (AvgIpc) is 3.25. The van der Waals surface area contributed by atoms with Crippen molar-refractivity contribution in [1.82, 2.24) is 25.0 Å². The lowest BCUT2D eigenvalue weighted by molar-refractivity contribution is 0.791. The number of thiazole rings is 1. The molecule has 0 bridgehead atoms. The van der Waals surface area contributed by atoms with Crippen molar-refractivity contribution in [2.75, 3.05) is 13.1 Å². The van der Waals surface area contributed by atoms with Crippen molar-refractivity contribution in [1.29, 1.82) is 0 Å². The van der Waals surface area contributed by atoms with Crippen LogP contribution in [0.3, 0.4) is 0 Å². The molecule has 0 aliphatic carbocycles. The van der Waals surface area contributed by atoms with Gasteiger partial charge >= 0.3 is 0 Å². The summed E-state index contributed by atoms with van der Waals surface area (Å²) in [7, 11) is 0. The number of aryl methyl sites for hydroxylation is 1. The number of hydrogen-bond donors (Lipinski definition) is 2. The minimum Gasteiger partial charge on any atom is -0.357 e. The highest BCUT2D eigenvalue weighted by atomic mass is 127. The summed E-state index contributed by atoms with van der Waals surface area (Å²) in [6.07, 6.45) is 7.91. The summed E-state index contributed by atoms with van der Waals surface area (Å²) in [5.41, 5.74) is 2.05. The quantitative estimate of drug-likeness (QED) is 0.307. The lowest BCUT2D eigenvalue weighted by atomic mass is 10.3. The average molecular weight is 484 g/mol. The van der Waals surface area contributed by atoms with Gasteiger partial charge < -0.3 is 15.0 Å². The molecule has 26 heavy (non-hydrogen) atoms. The molecule has 3 aromatic heterocycles. The van der Waals surface area contributed by atoms with Crippen molar-refractivity contribution >= 4 is 46.9 Å². The molecule has 0 aliphatic heterocycles. The van der Waals surface area contributed by atoms with Gasteiger partial charge in [0.2, 0.25) is 0 Å². The molecule has 0 saturated heterocycles. The van der Waals surface area contributed by atoms with Crippen molar-refractivity contribution in [3.05, 3.63) is 52.4 Å². The molecule has 0 saturated carbocycles. The molecule has 0 spiro atoms. The van der Waals surface area contributed by atoms with Crippen LogP contribution in [0, 0.1) is 0 Å². The van der Waals surface area contributed by atoms with Gasteiger partial charge in [0.25, 0.3) is 0 Å². The van der Waals surface area contributed by atoms with Crippen LogP contribution in [0.5, 0.6) is 0 Å². The number of fused-ring (bicyclic) bond motifs is 1. The van der Waals surface area contributed by atoms with Crippen molar-refractivity contribution in [2.45, 2.75) is 33.2 Å². The molecule has 0 fully saturated rings. The molecule has 0 aliphatic rings. The summed E-state index contributed by atoms with van der Waals surface area (Å²) >= 11 is 1.73. The predicted octanol–water partition coefficient (Wildman–Crippen LogP) is 3.27. The van der Waals surface area contributed by atoms with Gasteiger partial charge in [-0.05, 0) is 25.5 Å². The van der Waals surface area contributed by atoms with Gasteiger partial charge in [0, 0.05) is 43.0 Å². The number of halogens is 1. The zero-order valence-corrected chi connectivity index (χ0v) is 18.3. The monoisotopic (exact) mass is 484 g/mol. The van der Waals surface area contributed by atoms with E-state index in [2.05, 4.69) is 45.6 Å². The van der Waals surface area contributed by atoms with Gasteiger partial charge in [0.1, 0.15) is 10.7 Å². The Hall–Kier alpha value is -1.68. The van der Waals surface area contributed by atoms with Crippen LogP contribution in [-0.4, -0.2) is 33.4 Å². The van der Waals surface area contributed by atoms with E-state index in [9.17, 15) is 0 Å². The third-order valence-corrected chi connectivity index (χ3v) is 4.88. The van der Waals surface area contributed by atoms with Crippen LogP contribution in [0.15, 0.2) is 41.8 Å². The highest BCUT2D eigenvalue weighted by molar-refractivity contribution is 14.0. The van der Waals surface area contributed by atoms with Crippen LogP contribution in [0.25, 0.3) is 5.65 Å². The maximum Gasteiger partial charge on any atom is 0.191 e. The molecule has 6 nitrogen and oxygen atoms in total. The number of rotatable bonds is 7. The van der Waals surface area contributed by atoms with Gasteiger partial charge in [-0.1, -0.05) is 13.0 Å². The van der Waals surface area contributed by atoms with Crippen molar-refractivity contribution in [2.24, 2.45) is 4.99 Å². The van der Waals surface area contributed by atoms with E-state index in [1.807, 2.05) is 35.0 Å². The molecule has 0 unspecified atom stereocenters. The van der Waals surface area contributed by atoms with Gasteiger partial charge in [-0.15, -0.1) is 35.3 Å². The van der Waals surface area contributed by atoms with Gasteiger partial charge in [-0.3, -0.25) is 0 Å². The Kier molecular flexibility index (Phi) is 8.30.